The van der Waals surface area contributed by atoms with Crippen LogP contribution in [-0.2, 0) is 28.2 Å². The number of hydrogen-bond acceptors (Lipinski definition) is 8. The summed E-state index contributed by atoms with van der Waals surface area (Å²) in [5.41, 5.74) is 0. The fourth-order valence-corrected chi connectivity index (χ4v) is 4.95. The number of ether oxygens (including phenoxy) is 2. The van der Waals surface area contributed by atoms with E-state index in [0.29, 0.717) is 32.1 Å². The summed E-state index contributed by atoms with van der Waals surface area (Å²) in [7, 11) is -4.80. The molecule has 0 aliphatic carbocycles. The maximum absolute atomic E-state index is 12.3. The van der Waals surface area contributed by atoms with E-state index in [1.807, 2.05) is 42.5 Å². The first-order chi connectivity index (χ1) is 23.9. The summed E-state index contributed by atoms with van der Waals surface area (Å²) in [6.07, 6.45) is 32.9. The molecule has 0 bridgehead atoms. The van der Waals surface area contributed by atoms with Gasteiger partial charge in [-0.2, -0.15) is 0 Å². The lowest BCUT2D eigenvalue weighted by Gasteiger charge is -2.18. The van der Waals surface area contributed by atoms with E-state index in [0.717, 1.165) is 31.6 Å². The quantitative estimate of drug-likeness (QED) is 0.0179. The zero-order valence-electron chi connectivity index (χ0n) is 30.7. The molecule has 11 heteroatoms. The largest absolute Gasteiger partial charge is 0.469 e. The smallest absolute Gasteiger partial charge is 0.462 e. The molecule has 4 N–H and O–H groups in total. The van der Waals surface area contributed by atoms with Crippen molar-refractivity contribution in [1.82, 2.24) is 0 Å². The summed E-state index contributed by atoms with van der Waals surface area (Å²) < 4.78 is 26.1. The molecule has 0 radical (unpaired) electrons. The van der Waals surface area contributed by atoms with Crippen LogP contribution in [0.1, 0.15) is 124 Å². The van der Waals surface area contributed by atoms with Crippen molar-refractivity contribution in [1.29, 1.82) is 0 Å². The van der Waals surface area contributed by atoms with Gasteiger partial charge in [0, 0.05) is 12.8 Å². The van der Waals surface area contributed by atoms with Gasteiger partial charge in [-0.15, -0.1) is 0 Å². The van der Waals surface area contributed by atoms with E-state index in [1.165, 1.54) is 32.1 Å². The van der Waals surface area contributed by atoms with Gasteiger partial charge in [-0.3, -0.25) is 14.1 Å². The van der Waals surface area contributed by atoms with Crippen molar-refractivity contribution in [2.75, 3.05) is 13.2 Å². The molecule has 0 aromatic heterocycles. The molecule has 50 heavy (non-hydrogen) atoms. The van der Waals surface area contributed by atoms with Crippen LogP contribution in [0, 0.1) is 5.92 Å². The van der Waals surface area contributed by atoms with Gasteiger partial charge in [0.15, 0.2) is 6.10 Å². The Balaban J connectivity index is 4.28. The van der Waals surface area contributed by atoms with Crippen LogP contribution in [0.25, 0.3) is 0 Å². The second-order valence-corrected chi connectivity index (χ2v) is 13.9. The molecule has 0 aromatic rings. The fourth-order valence-electron chi connectivity index (χ4n) is 4.59. The monoisotopic (exact) mass is 724 g/mol. The minimum Gasteiger partial charge on any atom is -0.462 e. The highest BCUT2D eigenvalue weighted by molar-refractivity contribution is 7.46. The van der Waals surface area contributed by atoms with E-state index in [-0.39, 0.29) is 19.4 Å². The number of unbranched alkanes of at least 4 members (excludes halogenated alkanes) is 8. The molecule has 286 valence electrons. The van der Waals surface area contributed by atoms with Gasteiger partial charge in [0.25, 0.3) is 0 Å². The van der Waals surface area contributed by atoms with E-state index in [1.54, 1.807) is 30.4 Å². The van der Waals surface area contributed by atoms with Gasteiger partial charge in [0.1, 0.15) is 6.61 Å². The number of hydrogen-bond donors (Lipinski definition) is 4. The van der Waals surface area contributed by atoms with Crippen LogP contribution in [0.5, 0.6) is 0 Å². The Hall–Kier alpha value is -2.59. The van der Waals surface area contributed by atoms with E-state index in [2.05, 4.69) is 25.3 Å². The van der Waals surface area contributed by atoms with Crippen LogP contribution in [0.4, 0.5) is 0 Å². The number of allylic oxidation sites excluding steroid dienone is 8. The lowest BCUT2D eigenvalue weighted by Crippen LogP contribution is -2.29. The molecule has 0 aliphatic rings. The number of phosphoric ester groups is 1. The summed E-state index contributed by atoms with van der Waals surface area (Å²) >= 11 is 0. The van der Waals surface area contributed by atoms with E-state index in [9.17, 15) is 24.4 Å². The van der Waals surface area contributed by atoms with Gasteiger partial charge in [0.2, 0.25) is 0 Å². The maximum Gasteiger partial charge on any atom is 0.469 e. The molecule has 0 amide bonds. The molecule has 10 nitrogen and oxygen atoms in total. The van der Waals surface area contributed by atoms with Crippen molar-refractivity contribution >= 4 is 19.8 Å². The van der Waals surface area contributed by atoms with E-state index < -0.39 is 44.7 Å². The first-order valence-corrected chi connectivity index (χ1v) is 19.9. The Morgan fingerprint density at radius 2 is 1.32 bits per heavy atom. The Morgan fingerprint density at radius 3 is 1.96 bits per heavy atom. The second-order valence-electron chi connectivity index (χ2n) is 12.7. The minimum atomic E-state index is -4.80. The fraction of sp³-hybridized carbons (Fsp3) is 0.641. The van der Waals surface area contributed by atoms with Gasteiger partial charge in [-0.1, -0.05) is 145 Å². The number of rotatable bonds is 31. The van der Waals surface area contributed by atoms with Crippen LogP contribution >= 0.6 is 7.82 Å². The minimum absolute atomic E-state index is 0.0777. The molecular formula is C39H65O10P. The zero-order valence-corrected chi connectivity index (χ0v) is 31.5. The Kier molecular flexibility index (Phi) is 30.7. The number of aliphatic hydroxyl groups excluding tert-OH is 2. The SMILES string of the molecule is CC/C=C\C[C@@H](O)/C=C/C=C\C/C=C\C=C\[C@@H](O)/C=C\CCCC(=O)OC[C@H](COP(=O)(O)O)OC(=O)CCCCCCCCCCC(C)C. The number of phosphoric acid groups is 1. The van der Waals surface area contributed by atoms with E-state index >= 15 is 0 Å². The Labute approximate surface area is 301 Å². The van der Waals surface area contributed by atoms with Gasteiger partial charge in [-0.05, 0) is 44.4 Å². The third-order valence-electron chi connectivity index (χ3n) is 7.34. The molecule has 0 unspecified atom stereocenters. The number of esters is 2. The van der Waals surface area contributed by atoms with Gasteiger partial charge >= 0.3 is 19.8 Å². The molecule has 0 spiro atoms. The molecule has 0 aromatic carbocycles. The van der Waals surface area contributed by atoms with Crippen LogP contribution in [0.2, 0.25) is 0 Å². The molecule has 0 saturated heterocycles. The second kappa shape index (κ2) is 32.3. The van der Waals surface area contributed by atoms with Gasteiger partial charge in [-0.25, -0.2) is 4.57 Å². The molecule has 0 saturated carbocycles. The number of aliphatic hydroxyl groups is 2. The molecule has 0 fully saturated rings. The van der Waals surface area contributed by atoms with Crippen LogP contribution in [-0.4, -0.2) is 63.5 Å². The summed E-state index contributed by atoms with van der Waals surface area (Å²) in [5.74, 6) is -0.327. The van der Waals surface area contributed by atoms with Crippen molar-refractivity contribution in [2.45, 2.75) is 142 Å². The topological polar surface area (TPSA) is 160 Å². The summed E-state index contributed by atoms with van der Waals surface area (Å²) in [5, 5.41) is 19.9. The van der Waals surface area contributed by atoms with Crippen molar-refractivity contribution in [3.63, 3.8) is 0 Å². The highest BCUT2D eigenvalue weighted by Crippen LogP contribution is 2.36. The summed E-state index contributed by atoms with van der Waals surface area (Å²) in [6, 6.07) is 0. The lowest BCUT2D eigenvalue weighted by molar-refractivity contribution is -0.161. The zero-order chi connectivity index (χ0) is 37.3. The van der Waals surface area contributed by atoms with Crippen molar-refractivity contribution in [3.8, 4) is 0 Å². The first kappa shape index (κ1) is 47.4. The van der Waals surface area contributed by atoms with Gasteiger partial charge < -0.3 is 29.5 Å². The third kappa shape index (κ3) is 35.2. The van der Waals surface area contributed by atoms with Gasteiger partial charge in [0.05, 0.1) is 18.8 Å². The van der Waals surface area contributed by atoms with Crippen LogP contribution < -0.4 is 0 Å². The molecular weight excluding hydrogens is 659 g/mol. The molecule has 0 rings (SSSR count). The Bertz CT molecular complexity index is 1090. The van der Waals surface area contributed by atoms with Crippen molar-refractivity contribution in [3.05, 3.63) is 72.9 Å². The standard InChI is InChI=1S/C39H65O10P/c1-4-5-18-26-35(40)27-20-14-10-8-11-15-21-28-36(41)29-22-17-24-30-38(42)47-32-37(33-48-50(44,45)46)49-39(43)31-23-16-12-7-6-9-13-19-25-34(2)3/h5,10-11,14-15,18,20-22,27-29,34-37,40-41H,4,6-9,12-13,16-17,19,23-26,30-33H2,1-3H3,(H2,44,45,46)/b14-10-,15-11-,18-5-,27-20+,28-21+,29-22-/t35-,36-,37-/m1/s1. The number of carbonyl (C=O) groups excluding carboxylic acids is 2. The predicted octanol–water partition coefficient (Wildman–Crippen LogP) is 8.53. The average molecular weight is 725 g/mol. The van der Waals surface area contributed by atoms with Crippen LogP contribution in [0.15, 0.2) is 72.9 Å². The Morgan fingerprint density at radius 1 is 0.700 bits per heavy atom. The summed E-state index contributed by atoms with van der Waals surface area (Å²) in [4.78, 5) is 42.6. The van der Waals surface area contributed by atoms with E-state index in [4.69, 9.17) is 19.3 Å². The number of carbonyl (C=O) groups is 2. The molecule has 3 atom stereocenters. The highest BCUT2D eigenvalue weighted by atomic mass is 31.2. The average Bonchev–Trinajstić information content (AvgIpc) is 3.05. The summed E-state index contributed by atoms with van der Waals surface area (Å²) in [6.45, 7) is 5.56. The predicted molar refractivity (Wildman–Crippen MR) is 200 cm³/mol. The third-order valence-corrected chi connectivity index (χ3v) is 7.83. The normalized spacial score (nSPS) is 14.7. The molecule has 0 heterocycles. The molecule has 0 aliphatic heterocycles. The van der Waals surface area contributed by atoms with Crippen molar-refractivity contribution < 1.29 is 48.2 Å². The lowest BCUT2D eigenvalue weighted by atomic mass is 10.0. The maximum atomic E-state index is 12.3. The first-order valence-electron chi connectivity index (χ1n) is 18.3. The van der Waals surface area contributed by atoms with Crippen molar-refractivity contribution in [2.24, 2.45) is 5.92 Å². The van der Waals surface area contributed by atoms with Crippen LogP contribution in [0.3, 0.4) is 0 Å². The highest BCUT2D eigenvalue weighted by Gasteiger charge is 2.22.